The van der Waals surface area contributed by atoms with Gasteiger partial charge in [0.15, 0.2) is 17.3 Å². The predicted octanol–water partition coefficient (Wildman–Crippen LogP) is 3.71. The summed E-state index contributed by atoms with van der Waals surface area (Å²) in [5, 5.41) is 0. The molecule has 3 atom stereocenters. The van der Waals surface area contributed by atoms with Crippen LogP contribution in [0.3, 0.4) is 0 Å². The Bertz CT molecular complexity index is 768. The highest BCUT2D eigenvalue weighted by Gasteiger charge is 2.41. The van der Waals surface area contributed by atoms with Crippen molar-refractivity contribution >= 4 is 11.7 Å². The first-order chi connectivity index (χ1) is 13.7. The van der Waals surface area contributed by atoms with Crippen molar-refractivity contribution in [1.82, 2.24) is 4.90 Å². The molecule has 0 aromatic heterocycles. The van der Waals surface area contributed by atoms with E-state index in [1.165, 1.54) is 25.7 Å². The molecule has 150 valence electrons. The molecule has 3 unspecified atom stereocenters. The molecule has 3 fully saturated rings. The van der Waals surface area contributed by atoms with Gasteiger partial charge in [0, 0.05) is 31.0 Å². The average Bonchev–Trinajstić information content (AvgIpc) is 3.36. The molecule has 1 aromatic rings. The van der Waals surface area contributed by atoms with E-state index in [4.69, 9.17) is 9.47 Å². The van der Waals surface area contributed by atoms with Gasteiger partial charge >= 0.3 is 0 Å². The summed E-state index contributed by atoms with van der Waals surface area (Å²) >= 11 is 0. The fourth-order valence-corrected chi connectivity index (χ4v) is 5.80. The Labute approximate surface area is 166 Å². The van der Waals surface area contributed by atoms with E-state index < -0.39 is 0 Å². The maximum Gasteiger partial charge on any atom is 0.222 e. The van der Waals surface area contributed by atoms with Crippen LogP contribution in [0.4, 0.5) is 0 Å². The predicted molar refractivity (Wildman–Crippen MR) is 105 cm³/mol. The quantitative estimate of drug-likeness (QED) is 0.744. The number of rotatable bonds is 4. The summed E-state index contributed by atoms with van der Waals surface area (Å²) in [6.07, 6.45) is 7.56. The third-order valence-electron chi connectivity index (χ3n) is 7.37. The van der Waals surface area contributed by atoms with Crippen molar-refractivity contribution in [3.63, 3.8) is 0 Å². The molecule has 0 spiro atoms. The van der Waals surface area contributed by atoms with Crippen LogP contribution in [-0.4, -0.2) is 42.9 Å². The van der Waals surface area contributed by atoms with E-state index in [0.29, 0.717) is 55.2 Å². The van der Waals surface area contributed by atoms with Gasteiger partial charge in [-0.15, -0.1) is 0 Å². The molecule has 1 aromatic carbocycles. The first-order valence-corrected chi connectivity index (χ1v) is 10.9. The smallest absolute Gasteiger partial charge is 0.222 e. The van der Waals surface area contributed by atoms with E-state index in [1.807, 2.05) is 23.1 Å². The third-order valence-corrected chi connectivity index (χ3v) is 7.37. The lowest BCUT2D eigenvalue weighted by Crippen LogP contribution is -2.41. The number of ether oxygens (including phenoxy) is 2. The highest BCUT2D eigenvalue weighted by molar-refractivity contribution is 5.98. The molecule has 4 aliphatic rings. The van der Waals surface area contributed by atoms with Gasteiger partial charge in [0.1, 0.15) is 13.2 Å². The molecule has 2 heterocycles. The van der Waals surface area contributed by atoms with E-state index in [1.54, 1.807) is 0 Å². The highest BCUT2D eigenvalue weighted by atomic mass is 16.6. The number of hydrogen-bond acceptors (Lipinski definition) is 4. The normalized spacial score (nSPS) is 29.1. The van der Waals surface area contributed by atoms with Crippen molar-refractivity contribution in [1.29, 1.82) is 0 Å². The number of Topliss-reactive ketones (excluding diaryl/α,β-unsaturated/α-hetero) is 1. The number of ketones is 1. The first-order valence-electron chi connectivity index (χ1n) is 10.9. The minimum atomic E-state index is -0.00546. The van der Waals surface area contributed by atoms with Gasteiger partial charge in [-0.05, 0) is 68.1 Å². The van der Waals surface area contributed by atoms with E-state index in [2.05, 4.69) is 0 Å². The average molecular weight is 383 g/mol. The summed E-state index contributed by atoms with van der Waals surface area (Å²) in [5.41, 5.74) is 0.691. The highest BCUT2D eigenvalue weighted by Crippen LogP contribution is 2.49. The number of amides is 1. The Morgan fingerprint density at radius 3 is 2.46 bits per heavy atom. The molecule has 5 nitrogen and oxygen atoms in total. The lowest BCUT2D eigenvalue weighted by molar-refractivity contribution is -0.133. The number of benzene rings is 1. The van der Waals surface area contributed by atoms with Crippen molar-refractivity contribution in [2.24, 2.45) is 23.7 Å². The molecule has 2 bridgehead atoms. The van der Waals surface area contributed by atoms with Gasteiger partial charge in [0.2, 0.25) is 5.91 Å². The van der Waals surface area contributed by atoms with Gasteiger partial charge in [-0.3, -0.25) is 9.59 Å². The van der Waals surface area contributed by atoms with Crippen molar-refractivity contribution in [3.05, 3.63) is 23.8 Å². The Morgan fingerprint density at radius 1 is 0.964 bits per heavy atom. The standard InChI is InChI=1S/C23H29NO4/c25-22(14-19-12-15-1-2-17(19)11-15)24-7-5-16(6-8-24)23(26)18-3-4-20-21(13-18)28-10-9-27-20/h3-4,13,15-17,19H,1-2,5-12,14H2. The molecular weight excluding hydrogens is 354 g/mol. The molecule has 2 aliphatic carbocycles. The molecule has 1 amide bonds. The van der Waals surface area contributed by atoms with Crippen LogP contribution in [0.15, 0.2) is 18.2 Å². The topological polar surface area (TPSA) is 55.8 Å². The number of nitrogens with zero attached hydrogens (tertiary/aromatic N) is 1. The second kappa shape index (κ2) is 7.41. The van der Waals surface area contributed by atoms with Gasteiger partial charge in [-0.1, -0.05) is 6.42 Å². The fourth-order valence-electron chi connectivity index (χ4n) is 5.80. The summed E-state index contributed by atoms with van der Waals surface area (Å²) in [6.45, 7) is 2.49. The summed E-state index contributed by atoms with van der Waals surface area (Å²) in [7, 11) is 0. The number of hydrogen-bond donors (Lipinski definition) is 0. The second-order valence-electron chi connectivity index (χ2n) is 9.02. The molecule has 5 heteroatoms. The molecule has 2 aliphatic heterocycles. The largest absolute Gasteiger partial charge is 0.486 e. The van der Waals surface area contributed by atoms with Gasteiger partial charge in [0.25, 0.3) is 0 Å². The zero-order valence-electron chi connectivity index (χ0n) is 16.4. The second-order valence-corrected chi connectivity index (χ2v) is 9.02. The molecular formula is C23H29NO4. The van der Waals surface area contributed by atoms with Gasteiger partial charge in [-0.25, -0.2) is 0 Å². The van der Waals surface area contributed by atoms with E-state index in [9.17, 15) is 9.59 Å². The zero-order chi connectivity index (χ0) is 19.1. The van der Waals surface area contributed by atoms with Crippen LogP contribution in [0.5, 0.6) is 11.5 Å². The van der Waals surface area contributed by atoms with Crippen molar-refractivity contribution in [3.8, 4) is 11.5 Å². The van der Waals surface area contributed by atoms with Crippen molar-refractivity contribution < 1.29 is 19.1 Å². The van der Waals surface area contributed by atoms with Crippen LogP contribution in [0.2, 0.25) is 0 Å². The lowest BCUT2D eigenvalue weighted by atomic mass is 9.85. The van der Waals surface area contributed by atoms with Crippen LogP contribution >= 0.6 is 0 Å². The summed E-state index contributed by atoms with van der Waals surface area (Å²) in [4.78, 5) is 27.7. The zero-order valence-corrected chi connectivity index (χ0v) is 16.4. The van der Waals surface area contributed by atoms with Gasteiger partial charge in [0.05, 0.1) is 0 Å². The van der Waals surface area contributed by atoms with Crippen molar-refractivity contribution in [2.45, 2.75) is 44.9 Å². The summed E-state index contributed by atoms with van der Waals surface area (Å²) in [5.74, 6) is 4.14. The Morgan fingerprint density at radius 2 is 1.75 bits per heavy atom. The number of carbonyl (C=O) groups is 2. The molecule has 0 radical (unpaired) electrons. The third kappa shape index (κ3) is 3.40. The van der Waals surface area contributed by atoms with E-state index >= 15 is 0 Å². The number of carbonyl (C=O) groups excluding carboxylic acids is 2. The maximum atomic E-state index is 12.9. The monoisotopic (exact) mass is 383 g/mol. The van der Waals surface area contributed by atoms with Crippen LogP contribution in [-0.2, 0) is 4.79 Å². The Balaban J connectivity index is 1.15. The summed E-state index contributed by atoms with van der Waals surface area (Å²) < 4.78 is 11.1. The maximum absolute atomic E-state index is 12.9. The van der Waals surface area contributed by atoms with Gasteiger partial charge < -0.3 is 14.4 Å². The summed E-state index contributed by atoms with van der Waals surface area (Å²) in [6, 6.07) is 5.47. The Hall–Kier alpha value is -2.04. The van der Waals surface area contributed by atoms with Crippen LogP contribution in [0, 0.1) is 23.7 Å². The molecule has 28 heavy (non-hydrogen) atoms. The number of likely N-dealkylation sites (tertiary alicyclic amines) is 1. The number of fused-ring (bicyclic) bond motifs is 3. The van der Waals surface area contributed by atoms with E-state index in [-0.39, 0.29) is 11.7 Å². The van der Waals surface area contributed by atoms with Crippen molar-refractivity contribution in [2.75, 3.05) is 26.3 Å². The van der Waals surface area contributed by atoms with Crippen LogP contribution in [0.1, 0.15) is 55.3 Å². The first kappa shape index (κ1) is 18.0. The van der Waals surface area contributed by atoms with Gasteiger partial charge in [-0.2, -0.15) is 0 Å². The SMILES string of the molecule is O=C(c1ccc2c(c1)OCCO2)C1CCN(C(=O)CC2CC3CCC2C3)CC1. The fraction of sp³-hybridized carbons (Fsp3) is 0.652. The van der Waals surface area contributed by atoms with Crippen LogP contribution in [0.25, 0.3) is 0 Å². The minimum Gasteiger partial charge on any atom is -0.486 e. The minimum absolute atomic E-state index is 0.00546. The van der Waals surface area contributed by atoms with E-state index in [0.717, 1.165) is 31.1 Å². The van der Waals surface area contributed by atoms with Crippen LogP contribution < -0.4 is 9.47 Å². The lowest BCUT2D eigenvalue weighted by Gasteiger charge is -2.33. The number of piperidine rings is 1. The Kier molecular flexibility index (Phi) is 4.77. The molecule has 1 saturated heterocycles. The molecule has 2 saturated carbocycles. The molecule has 5 rings (SSSR count). The molecule has 0 N–H and O–H groups in total.